The number of aliphatic imine (C=N–C) groups is 1. The first-order chi connectivity index (χ1) is 10.1. The van der Waals surface area contributed by atoms with E-state index in [0.29, 0.717) is 0 Å². The molecule has 21 heavy (non-hydrogen) atoms. The number of nitrogens with zero attached hydrogens (tertiary/aromatic N) is 1. The van der Waals surface area contributed by atoms with Gasteiger partial charge in [0, 0.05) is 7.11 Å². The van der Waals surface area contributed by atoms with Crippen molar-refractivity contribution in [1.82, 2.24) is 0 Å². The largest absolute Gasteiger partial charge is 0.488 e. The number of carboxylic acids is 1. The standard InChI is InChI=1S/C15H21NO5/c1-4-6-10(7-5-2)21-12-8-16-13(15(18)19)14(20-3)11(12)9-17/h8,10,14H,4-7H2,1-3H3,(H,18,19). The van der Waals surface area contributed by atoms with Crippen molar-refractivity contribution in [2.75, 3.05) is 7.11 Å². The summed E-state index contributed by atoms with van der Waals surface area (Å²) in [5.74, 6) is 0.745. The summed E-state index contributed by atoms with van der Waals surface area (Å²) in [7, 11) is 1.32. The average Bonchev–Trinajstić information content (AvgIpc) is 2.46. The summed E-state index contributed by atoms with van der Waals surface area (Å²) >= 11 is 0. The van der Waals surface area contributed by atoms with E-state index in [4.69, 9.17) is 14.6 Å². The SMILES string of the molecule is CCCC(CCC)OC1=CN=C(C(=O)O)C(OC)C1=C=O. The normalized spacial score (nSPS) is 18.1. The Morgan fingerprint density at radius 1 is 1.43 bits per heavy atom. The van der Waals surface area contributed by atoms with Crippen LogP contribution < -0.4 is 0 Å². The quantitative estimate of drug-likeness (QED) is 0.693. The Kier molecular flexibility index (Phi) is 6.85. The number of aliphatic carboxylic acids is 1. The summed E-state index contributed by atoms with van der Waals surface area (Å²) in [4.78, 5) is 26.1. The molecule has 0 aliphatic carbocycles. The summed E-state index contributed by atoms with van der Waals surface area (Å²) in [6.45, 7) is 4.10. The second kappa shape index (κ2) is 8.39. The molecule has 0 bridgehead atoms. The fraction of sp³-hybridized carbons (Fsp3) is 0.600. The maximum absolute atomic E-state index is 11.2. The van der Waals surface area contributed by atoms with Crippen LogP contribution in [0.25, 0.3) is 0 Å². The van der Waals surface area contributed by atoms with Crippen molar-refractivity contribution in [3.63, 3.8) is 0 Å². The fourth-order valence-corrected chi connectivity index (χ4v) is 2.21. The molecule has 0 radical (unpaired) electrons. The van der Waals surface area contributed by atoms with Crippen molar-refractivity contribution in [3.8, 4) is 0 Å². The lowest BCUT2D eigenvalue weighted by molar-refractivity contribution is -0.129. The van der Waals surface area contributed by atoms with Crippen molar-refractivity contribution in [2.24, 2.45) is 4.99 Å². The number of hydrogen-bond donors (Lipinski definition) is 1. The van der Waals surface area contributed by atoms with Gasteiger partial charge >= 0.3 is 5.97 Å². The molecular formula is C15H21NO5. The Balaban J connectivity index is 3.04. The van der Waals surface area contributed by atoms with Gasteiger partial charge in [-0.2, -0.15) is 0 Å². The minimum absolute atomic E-state index is 0.0336. The molecule has 1 atom stereocenters. The van der Waals surface area contributed by atoms with E-state index in [0.717, 1.165) is 25.7 Å². The van der Waals surface area contributed by atoms with Crippen molar-refractivity contribution in [3.05, 3.63) is 17.5 Å². The third kappa shape index (κ3) is 4.28. The van der Waals surface area contributed by atoms with Crippen LogP contribution in [0.1, 0.15) is 39.5 Å². The lowest BCUT2D eigenvalue weighted by Crippen LogP contribution is -2.35. The van der Waals surface area contributed by atoms with Crippen LogP contribution >= 0.6 is 0 Å². The third-order valence-corrected chi connectivity index (χ3v) is 3.18. The Morgan fingerprint density at radius 3 is 2.48 bits per heavy atom. The van der Waals surface area contributed by atoms with Gasteiger partial charge in [0.1, 0.15) is 17.6 Å². The molecule has 0 amide bonds. The second-order valence-electron chi connectivity index (χ2n) is 4.76. The Hall–Kier alpha value is -1.91. The van der Waals surface area contributed by atoms with Crippen LogP contribution in [0.4, 0.5) is 0 Å². The van der Waals surface area contributed by atoms with Crippen LogP contribution in [0.2, 0.25) is 0 Å². The number of hydrogen-bond acceptors (Lipinski definition) is 5. The van der Waals surface area contributed by atoms with Gasteiger partial charge in [-0.25, -0.2) is 14.6 Å². The predicted molar refractivity (Wildman–Crippen MR) is 77.8 cm³/mol. The molecule has 1 rings (SSSR count). The lowest BCUT2D eigenvalue weighted by Gasteiger charge is -2.25. The first-order valence-electron chi connectivity index (χ1n) is 7.04. The maximum atomic E-state index is 11.2. The number of rotatable bonds is 8. The summed E-state index contributed by atoms with van der Waals surface area (Å²) in [6.07, 6.45) is 3.79. The Bertz CT molecular complexity index is 482. The highest BCUT2D eigenvalue weighted by Crippen LogP contribution is 2.25. The fourth-order valence-electron chi connectivity index (χ4n) is 2.21. The number of carbonyl (C=O) groups excluding carboxylic acids is 1. The summed E-state index contributed by atoms with van der Waals surface area (Å²) in [5, 5.41) is 9.07. The summed E-state index contributed by atoms with van der Waals surface area (Å²) in [6, 6.07) is 0. The van der Waals surface area contributed by atoms with Crippen LogP contribution in [0, 0.1) is 0 Å². The van der Waals surface area contributed by atoms with Crippen LogP contribution in [-0.4, -0.2) is 42.0 Å². The van der Waals surface area contributed by atoms with Gasteiger partial charge in [-0.05, 0) is 12.8 Å². The van der Waals surface area contributed by atoms with E-state index in [-0.39, 0.29) is 23.1 Å². The van der Waals surface area contributed by atoms with E-state index in [9.17, 15) is 9.59 Å². The van der Waals surface area contributed by atoms with Crippen molar-refractivity contribution < 1.29 is 24.2 Å². The van der Waals surface area contributed by atoms with E-state index >= 15 is 0 Å². The first-order valence-corrected chi connectivity index (χ1v) is 7.04. The van der Waals surface area contributed by atoms with E-state index in [2.05, 4.69) is 18.8 Å². The molecule has 6 heteroatoms. The van der Waals surface area contributed by atoms with Crippen LogP contribution in [-0.2, 0) is 19.1 Å². The van der Waals surface area contributed by atoms with Gasteiger partial charge in [0.05, 0.1) is 12.3 Å². The highest BCUT2D eigenvalue weighted by atomic mass is 16.5. The van der Waals surface area contributed by atoms with E-state index in [1.54, 1.807) is 5.94 Å². The molecule has 0 saturated heterocycles. The zero-order valence-corrected chi connectivity index (χ0v) is 12.6. The average molecular weight is 295 g/mol. The molecule has 0 saturated carbocycles. The molecule has 0 aromatic heterocycles. The summed E-state index contributed by atoms with van der Waals surface area (Å²) in [5.41, 5.74) is -0.201. The monoisotopic (exact) mass is 295 g/mol. The molecule has 116 valence electrons. The minimum Gasteiger partial charge on any atom is -0.488 e. The van der Waals surface area contributed by atoms with Crippen molar-refractivity contribution in [1.29, 1.82) is 0 Å². The highest BCUT2D eigenvalue weighted by Gasteiger charge is 2.33. The summed E-state index contributed by atoms with van der Waals surface area (Å²) < 4.78 is 10.9. The molecule has 6 nitrogen and oxygen atoms in total. The Morgan fingerprint density at radius 2 is 2.05 bits per heavy atom. The minimum atomic E-state index is -1.23. The zero-order valence-electron chi connectivity index (χ0n) is 12.6. The number of methoxy groups -OCH3 is 1. The second-order valence-corrected chi connectivity index (χ2v) is 4.76. The molecule has 0 fully saturated rings. The molecule has 1 N–H and O–H groups in total. The van der Waals surface area contributed by atoms with Crippen LogP contribution in [0.5, 0.6) is 0 Å². The molecule has 1 aliphatic rings. The molecule has 0 spiro atoms. The lowest BCUT2D eigenvalue weighted by atomic mass is 10.0. The molecule has 1 aliphatic heterocycles. The maximum Gasteiger partial charge on any atom is 0.353 e. The first kappa shape index (κ1) is 17.1. The molecule has 0 aromatic rings. The smallest absolute Gasteiger partial charge is 0.353 e. The van der Waals surface area contributed by atoms with Gasteiger partial charge in [-0.15, -0.1) is 0 Å². The molecule has 0 aromatic carbocycles. The highest BCUT2D eigenvalue weighted by molar-refractivity contribution is 6.39. The third-order valence-electron chi connectivity index (χ3n) is 3.18. The number of carboxylic acid groups (broad SMARTS) is 1. The van der Waals surface area contributed by atoms with E-state index in [1.165, 1.54) is 13.3 Å². The van der Waals surface area contributed by atoms with Gasteiger partial charge in [-0.3, -0.25) is 0 Å². The predicted octanol–water partition coefficient (Wildman–Crippen LogP) is 2.13. The van der Waals surface area contributed by atoms with Gasteiger partial charge in [-0.1, -0.05) is 26.7 Å². The molecular weight excluding hydrogens is 274 g/mol. The van der Waals surface area contributed by atoms with Gasteiger partial charge in [0.2, 0.25) is 0 Å². The number of carbonyl (C=O) groups is 1. The van der Waals surface area contributed by atoms with Crippen molar-refractivity contribution >= 4 is 17.6 Å². The van der Waals surface area contributed by atoms with E-state index < -0.39 is 12.1 Å². The van der Waals surface area contributed by atoms with Crippen LogP contribution in [0.15, 0.2) is 22.5 Å². The molecule has 1 heterocycles. The number of ether oxygens (including phenoxy) is 2. The van der Waals surface area contributed by atoms with Crippen molar-refractivity contribution in [2.45, 2.75) is 51.7 Å². The zero-order chi connectivity index (χ0) is 15.8. The van der Waals surface area contributed by atoms with Crippen LogP contribution in [0.3, 0.4) is 0 Å². The van der Waals surface area contributed by atoms with Gasteiger partial charge < -0.3 is 14.6 Å². The Labute approximate surface area is 124 Å². The molecule has 1 unspecified atom stereocenters. The topological polar surface area (TPSA) is 85.2 Å². The van der Waals surface area contributed by atoms with Gasteiger partial charge in [0.15, 0.2) is 11.5 Å². The van der Waals surface area contributed by atoms with E-state index in [1.807, 2.05) is 0 Å². The van der Waals surface area contributed by atoms with Gasteiger partial charge in [0.25, 0.3) is 0 Å².